The second-order valence-electron chi connectivity index (χ2n) is 6.09. The first-order valence-electron chi connectivity index (χ1n) is 8.14. The highest BCUT2D eigenvalue weighted by atomic mass is 16.5. The smallest absolute Gasteiger partial charge is 0.411 e. The van der Waals surface area contributed by atoms with Crippen molar-refractivity contribution < 1.29 is 9.53 Å². The van der Waals surface area contributed by atoms with Gasteiger partial charge < -0.3 is 15.8 Å². The van der Waals surface area contributed by atoms with Crippen molar-refractivity contribution in [1.29, 1.82) is 0 Å². The van der Waals surface area contributed by atoms with Gasteiger partial charge in [0.2, 0.25) is 0 Å². The summed E-state index contributed by atoms with van der Waals surface area (Å²) in [7, 11) is 1.34. The average molecular weight is 341 g/mol. The molecule has 6 N–H and O–H groups in total. The number of nitrogen functional groups attached to an aromatic ring is 1. The summed E-state index contributed by atoms with van der Waals surface area (Å²) in [5.74, 6) is 0. The van der Waals surface area contributed by atoms with Gasteiger partial charge in [0.25, 0.3) is 0 Å². The number of aryl methyl sites for hydroxylation is 1. The number of nitrogens with two attached hydrogens (primary N) is 1. The van der Waals surface area contributed by atoms with E-state index in [0.717, 1.165) is 23.4 Å². The lowest BCUT2D eigenvalue weighted by Crippen LogP contribution is -2.36. The number of carbonyl (C=O) groups is 1. The molecule has 1 amide bonds. The van der Waals surface area contributed by atoms with Crippen LogP contribution in [-0.2, 0) is 4.74 Å². The van der Waals surface area contributed by atoms with Crippen molar-refractivity contribution >= 4 is 23.2 Å². The van der Waals surface area contributed by atoms with Gasteiger partial charge in [0.15, 0.2) is 0 Å². The number of benzene rings is 2. The molecule has 2 unspecified atom stereocenters. The number of hydrogen-bond acceptors (Lipinski definition) is 6. The van der Waals surface area contributed by atoms with Crippen molar-refractivity contribution in [2.24, 2.45) is 0 Å². The Morgan fingerprint density at radius 1 is 1.20 bits per heavy atom. The summed E-state index contributed by atoms with van der Waals surface area (Å²) in [5.41, 5.74) is 17.0. The first kappa shape index (κ1) is 17.1. The molecule has 25 heavy (non-hydrogen) atoms. The van der Waals surface area contributed by atoms with Crippen LogP contribution in [0, 0.1) is 6.92 Å². The van der Waals surface area contributed by atoms with Gasteiger partial charge in [0.05, 0.1) is 13.3 Å². The van der Waals surface area contributed by atoms with Crippen LogP contribution in [0.25, 0.3) is 0 Å². The Labute approximate surface area is 146 Å². The molecule has 1 fully saturated rings. The maximum atomic E-state index is 11.3. The second-order valence-corrected chi connectivity index (χ2v) is 6.09. The molecule has 0 bridgehead atoms. The van der Waals surface area contributed by atoms with Gasteiger partial charge in [-0.3, -0.25) is 5.32 Å². The summed E-state index contributed by atoms with van der Waals surface area (Å²) in [6.07, 6.45) is 0.514. The average Bonchev–Trinajstić information content (AvgIpc) is 3.06. The van der Waals surface area contributed by atoms with Crippen molar-refractivity contribution in [3.8, 4) is 0 Å². The molecule has 1 saturated heterocycles. The number of nitrogens with one attached hydrogen (secondary N) is 4. The number of anilines is 3. The van der Waals surface area contributed by atoms with Crippen molar-refractivity contribution in [3.63, 3.8) is 0 Å². The quantitative estimate of drug-likeness (QED) is 0.548. The third kappa shape index (κ3) is 4.20. The molecule has 7 nitrogen and oxygen atoms in total. The van der Waals surface area contributed by atoms with Crippen LogP contribution >= 0.6 is 0 Å². The summed E-state index contributed by atoms with van der Waals surface area (Å²) in [6.45, 7) is 1.99. The predicted octanol–water partition coefficient (Wildman–Crippen LogP) is 2.73. The molecule has 132 valence electrons. The molecule has 0 spiro atoms. The SMILES string of the molecule is COC(=O)Nc1ccc(NC2CC(c3ccc(N)cc3)NN2)c(C)c1. The van der Waals surface area contributed by atoms with Crippen molar-refractivity contribution in [1.82, 2.24) is 10.9 Å². The number of methoxy groups -OCH3 is 1. The van der Waals surface area contributed by atoms with E-state index in [0.29, 0.717) is 5.69 Å². The van der Waals surface area contributed by atoms with Crippen LogP contribution in [0.15, 0.2) is 42.5 Å². The Hall–Kier alpha value is -2.77. The summed E-state index contributed by atoms with van der Waals surface area (Å²) in [5, 5.41) is 6.13. The molecule has 0 aliphatic carbocycles. The van der Waals surface area contributed by atoms with Crippen LogP contribution in [0.3, 0.4) is 0 Å². The zero-order chi connectivity index (χ0) is 17.8. The van der Waals surface area contributed by atoms with Gasteiger partial charge >= 0.3 is 6.09 Å². The molecule has 0 saturated carbocycles. The number of amides is 1. The summed E-state index contributed by atoms with van der Waals surface area (Å²) >= 11 is 0. The van der Waals surface area contributed by atoms with Gasteiger partial charge in [-0.2, -0.15) is 0 Å². The fraction of sp³-hybridized carbons (Fsp3) is 0.278. The van der Waals surface area contributed by atoms with Crippen LogP contribution in [-0.4, -0.2) is 19.4 Å². The van der Waals surface area contributed by atoms with Gasteiger partial charge in [-0.25, -0.2) is 15.6 Å². The van der Waals surface area contributed by atoms with Crippen LogP contribution < -0.4 is 27.2 Å². The minimum atomic E-state index is -0.479. The Bertz CT molecular complexity index is 748. The highest BCUT2D eigenvalue weighted by molar-refractivity contribution is 5.85. The minimum Gasteiger partial charge on any atom is -0.453 e. The Morgan fingerprint density at radius 3 is 2.64 bits per heavy atom. The predicted molar refractivity (Wildman–Crippen MR) is 99.1 cm³/mol. The lowest BCUT2D eigenvalue weighted by Gasteiger charge is -2.16. The number of ether oxygens (including phenoxy) is 1. The maximum Gasteiger partial charge on any atom is 0.411 e. The first-order chi connectivity index (χ1) is 12.0. The number of rotatable bonds is 4. The van der Waals surface area contributed by atoms with E-state index in [9.17, 15) is 4.79 Å². The monoisotopic (exact) mass is 341 g/mol. The van der Waals surface area contributed by atoms with Crippen LogP contribution in [0.2, 0.25) is 0 Å². The maximum absolute atomic E-state index is 11.3. The Kier molecular flexibility index (Phi) is 5.06. The van der Waals surface area contributed by atoms with E-state index in [1.54, 1.807) is 0 Å². The topological polar surface area (TPSA) is 100 Å². The van der Waals surface area contributed by atoms with Gasteiger partial charge in [0.1, 0.15) is 0 Å². The number of carbonyl (C=O) groups excluding carboxylic acids is 1. The zero-order valence-electron chi connectivity index (χ0n) is 14.3. The van der Waals surface area contributed by atoms with Crippen LogP contribution in [0.5, 0.6) is 0 Å². The van der Waals surface area contributed by atoms with Crippen molar-refractivity contribution in [3.05, 3.63) is 53.6 Å². The standard InChI is InChI=1S/C18H23N5O2/c1-11-9-14(20-18(24)25-2)7-8-15(11)21-17-10-16(22-23-17)12-3-5-13(19)6-4-12/h3-9,16-17,21-23H,10,19H2,1-2H3,(H,20,24). The molecule has 0 radical (unpaired) electrons. The van der Waals surface area contributed by atoms with E-state index in [-0.39, 0.29) is 12.2 Å². The van der Waals surface area contributed by atoms with Crippen LogP contribution in [0.1, 0.15) is 23.6 Å². The molecule has 1 aliphatic rings. The van der Waals surface area contributed by atoms with Crippen LogP contribution in [0.4, 0.5) is 21.9 Å². The van der Waals surface area contributed by atoms with Gasteiger partial charge in [-0.15, -0.1) is 0 Å². The lowest BCUT2D eigenvalue weighted by atomic mass is 10.0. The molecule has 7 heteroatoms. The normalized spacial score (nSPS) is 19.4. The molecule has 3 rings (SSSR count). The third-order valence-corrected chi connectivity index (χ3v) is 4.23. The Balaban J connectivity index is 1.61. The number of hydrogen-bond donors (Lipinski definition) is 5. The highest BCUT2D eigenvalue weighted by Crippen LogP contribution is 2.26. The summed E-state index contributed by atoms with van der Waals surface area (Å²) in [4.78, 5) is 11.3. The van der Waals surface area contributed by atoms with Gasteiger partial charge in [-0.05, 0) is 48.4 Å². The van der Waals surface area contributed by atoms with E-state index in [2.05, 4.69) is 26.2 Å². The fourth-order valence-corrected chi connectivity index (χ4v) is 2.86. The summed E-state index contributed by atoms with van der Waals surface area (Å²) < 4.78 is 4.60. The molecule has 2 aromatic rings. The van der Waals surface area contributed by atoms with E-state index in [4.69, 9.17) is 5.73 Å². The molecule has 0 aromatic heterocycles. The van der Waals surface area contributed by atoms with E-state index < -0.39 is 6.09 Å². The van der Waals surface area contributed by atoms with Gasteiger partial charge in [-0.1, -0.05) is 12.1 Å². The highest BCUT2D eigenvalue weighted by Gasteiger charge is 2.25. The van der Waals surface area contributed by atoms with Crippen molar-refractivity contribution in [2.75, 3.05) is 23.5 Å². The third-order valence-electron chi connectivity index (χ3n) is 4.23. The van der Waals surface area contributed by atoms with E-state index >= 15 is 0 Å². The molecule has 1 aliphatic heterocycles. The zero-order valence-corrected chi connectivity index (χ0v) is 14.3. The molecule has 1 heterocycles. The molecular formula is C18H23N5O2. The van der Waals surface area contributed by atoms with E-state index in [1.165, 1.54) is 12.7 Å². The molecule has 2 atom stereocenters. The molecular weight excluding hydrogens is 318 g/mol. The Morgan fingerprint density at radius 2 is 1.96 bits per heavy atom. The largest absolute Gasteiger partial charge is 0.453 e. The number of hydrazine groups is 1. The fourth-order valence-electron chi connectivity index (χ4n) is 2.86. The van der Waals surface area contributed by atoms with Gasteiger partial charge in [0, 0.05) is 29.5 Å². The lowest BCUT2D eigenvalue weighted by molar-refractivity contribution is 0.187. The first-order valence-corrected chi connectivity index (χ1v) is 8.14. The van der Waals surface area contributed by atoms with E-state index in [1.807, 2.05) is 49.4 Å². The van der Waals surface area contributed by atoms with Crippen molar-refractivity contribution in [2.45, 2.75) is 25.6 Å². The second kappa shape index (κ2) is 7.42. The summed E-state index contributed by atoms with van der Waals surface area (Å²) in [6, 6.07) is 13.8. The molecule has 2 aromatic carbocycles. The minimum absolute atomic E-state index is 0.0978.